The minimum atomic E-state index is 0.201. The molecular formula is C21H24N8O. The fourth-order valence-electron chi connectivity index (χ4n) is 4.67. The van der Waals surface area contributed by atoms with E-state index in [2.05, 4.69) is 43.5 Å². The van der Waals surface area contributed by atoms with Gasteiger partial charge in [-0.3, -0.25) is 4.68 Å². The number of anilines is 2. The van der Waals surface area contributed by atoms with Gasteiger partial charge in [-0.15, -0.1) is 0 Å². The first-order valence-corrected chi connectivity index (χ1v) is 10.4. The molecule has 1 saturated carbocycles. The molecule has 1 aliphatic heterocycles. The van der Waals surface area contributed by atoms with Gasteiger partial charge >= 0.3 is 0 Å². The zero-order chi connectivity index (χ0) is 20.6. The molecule has 4 aromatic heterocycles. The average molecular weight is 404 g/mol. The summed E-state index contributed by atoms with van der Waals surface area (Å²) in [6, 6.07) is 2.25. The molecule has 1 fully saturated rings. The topological polar surface area (TPSA) is 104 Å². The molecule has 2 aliphatic rings. The third-order valence-corrected chi connectivity index (χ3v) is 6.15. The first-order valence-electron chi connectivity index (χ1n) is 10.4. The third-order valence-electron chi connectivity index (χ3n) is 6.15. The molecule has 4 aromatic rings. The Hall–Kier alpha value is -3.36. The summed E-state index contributed by atoms with van der Waals surface area (Å²) in [5, 5.41) is 10.1. The molecule has 9 nitrogen and oxygen atoms in total. The van der Waals surface area contributed by atoms with E-state index >= 15 is 0 Å². The van der Waals surface area contributed by atoms with Crippen LogP contribution in [0.4, 0.5) is 11.6 Å². The Morgan fingerprint density at radius 1 is 1.20 bits per heavy atom. The van der Waals surface area contributed by atoms with Crippen molar-refractivity contribution in [2.24, 2.45) is 7.05 Å². The van der Waals surface area contributed by atoms with Crippen molar-refractivity contribution < 1.29 is 4.52 Å². The molecule has 0 atom stereocenters. The van der Waals surface area contributed by atoms with Crippen LogP contribution in [-0.2, 0) is 20.1 Å². The van der Waals surface area contributed by atoms with Gasteiger partial charge in [0.2, 0.25) is 0 Å². The summed E-state index contributed by atoms with van der Waals surface area (Å²) in [5.41, 5.74) is 11.3. The van der Waals surface area contributed by atoms with Crippen LogP contribution in [-0.4, -0.2) is 29.5 Å². The van der Waals surface area contributed by atoms with Crippen LogP contribution in [0.2, 0.25) is 0 Å². The Kier molecular flexibility index (Phi) is 3.54. The van der Waals surface area contributed by atoms with Crippen molar-refractivity contribution in [2.45, 2.75) is 51.7 Å². The quantitative estimate of drug-likeness (QED) is 0.558. The second-order valence-corrected chi connectivity index (χ2v) is 8.59. The van der Waals surface area contributed by atoms with E-state index in [-0.39, 0.29) is 6.04 Å². The molecule has 154 valence electrons. The highest BCUT2D eigenvalue weighted by molar-refractivity contribution is 6.02. The van der Waals surface area contributed by atoms with Gasteiger partial charge in [0.25, 0.3) is 0 Å². The Morgan fingerprint density at radius 2 is 2.03 bits per heavy atom. The Balaban J connectivity index is 1.68. The number of hydrogen-bond donors (Lipinski definition) is 1. The number of rotatable bonds is 3. The van der Waals surface area contributed by atoms with Crippen LogP contribution in [0, 0.1) is 0 Å². The van der Waals surface area contributed by atoms with E-state index in [1.54, 1.807) is 0 Å². The second kappa shape index (κ2) is 6.07. The van der Waals surface area contributed by atoms with Crippen molar-refractivity contribution in [3.63, 3.8) is 0 Å². The molecule has 9 heteroatoms. The molecule has 0 unspecified atom stereocenters. The van der Waals surface area contributed by atoms with Crippen molar-refractivity contribution >= 4 is 22.7 Å². The lowest BCUT2D eigenvalue weighted by Crippen LogP contribution is -2.24. The van der Waals surface area contributed by atoms with Crippen molar-refractivity contribution in [1.29, 1.82) is 0 Å². The molecule has 0 aromatic carbocycles. The van der Waals surface area contributed by atoms with Crippen molar-refractivity contribution in [3.8, 4) is 11.3 Å². The lowest BCUT2D eigenvalue weighted by molar-refractivity contribution is 0.384. The summed E-state index contributed by atoms with van der Waals surface area (Å²) < 4.78 is 9.99. The van der Waals surface area contributed by atoms with Crippen LogP contribution in [0.15, 0.2) is 23.1 Å². The van der Waals surface area contributed by atoms with Crippen LogP contribution in [0.3, 0.4) is 0 Å². The highest BCUT2D eigenvalue weighted by atomic mass is 16.5. The molecule has 1 aliphatic carbocycles. The van der Waals surface area contributed by atoms with Gasteiger partial charge in [-0.1, -0.05) is 5.16 Å². The fraction of sp³-hybridized carbons (Fsp3) is 0.429. The van der Waals surface area contributed by atoms with E-state index in [9.17, 15) is 0 Å². The first-order chi connectivity index (χ1) is 14.5. The maximum atomic E-state index is 6.38. The monoisotopic (exact) mass is 404 g/mol. The summed E-state index contributed by atoms with van der Waals surface area (Å²) in [6.07, 6.45) is 5.80. The van der Waals surface area contributed by atoms with Gasteiger partial charge in [-0.25, -0.2) is 9.97 Å². The van der Waals surface area contributed by atoms with Gasteiger partial charge < -0.3 is 19.7 Å². The summed E-state index contributed by atoms with van der Waals surface area (Å²) in [6.45, 7) is 5.70. The Labute approximate surface area is 173 Å². The smallest absolute Gasteiger partial charge is 0.151 e. The van der Waals surface area contributed by atoms with E-state index in [4.69, 9.17) is 10.3 Å². The molecule has 0 spiro atoms. The zero-order valence-electron chi connectivity index (χ0n) is 17.3. The molecule has 2 N–H and O–H groups in total. The SMILES string of the molecule is CC(C)n1c2c(c3c(N)ncnc31)-c1noc(C3CC3)c1CN(c1ccn(C)n1)C2. The molecule has 6 rings (SSSR count). The number of hydrogen-bond acceptors (Lipinski definition) is 7. The predicted molar refractivity (Wildman–Crippen MR) is 113 cm³/mol. The van der Waals surface area contributed by atoms with Gasteiger partial charge in [0.05, 0.1) is 18.5 Å². The maximum absolute atomic E-state index is 6.38. The minimum Gasteiger partial charge on any atom is -0.383 e. The van der Waals surface area contributed by atoms with E-state index in [1.807, 2.05) is 24.0 Å². The lowest BCUT2D eigenvalue weighted by Gasteiger charge is -2.23. The van der Waals surface area contributed by atoms with Crippen LogP contribution in [0.5, 0.6) is 0 Å². The summed E-state index contributed by atoms with van der Waals surface area (Å²) >= 11 is 0. The van der Waals surface area contributed by atoms with Gasteiger partial charge in [0.15, 0.2) is 5.82 Å². The molecule has 0 radical (unpaired) electrons. The third kappa shape index (κ3) is 2.41. The fourth-order valence-corrected chi connectivity index (χ4v) is 4.67. The molecule has 5 heterocycles. The van der Waals surface area contributed by atoms with E-state index in [1.165, 1.54) is 6.33 Å². The van der Waals surface area contributed by atoms with Gasteiger partial charge in [0, 0.05) is 48.1 Å². The number of nitrogens with zero attached hydrogens (tertiary/aromatic N) is 7. The van der Waals surface area contributed by atoms with Gasteiger partial charge in [0.1, 0.15) is 29.2 Å². The lowest BCUT2D eigenvalue weighted by atomic mass is 10.0. The summed E-state index contributed by atoms with van der Waals surface area (Å²) in [5.74, 6) is 2.86. The normalized spacial score (nSPS) is 16.2. The predicted octanol–water partition coefficient (Wildman–Crippen LogP) is 3.38. The average Bonchev–Trinajstić information content (AvgIpc) is 3.24. The standard InChI is InChI=1S/C21H24N8O/c1-11(2)29-14-9-28(15-6-7-27(3)25-15)8-13-18(26-30-19(13)12-4-5-12)16(14)17-20(22)23-10-24-21(17)29/h6-7,10-12H,4-5,8-9H2,1-3H3,(H2,22,23,24). The molecule has 30 heavy (non-hydrogen) atoms. The van der Waals surface area contributed by atoms with Crippen LogP contribution in [0.25, 0.3) is 22.3 Å². The molecular weight excluding hydrogens is 380 g/mol. The number of aryl methyl sites for hydroxylation is 1. The molecule has 0 amide bonds. The Morgan fingerprint density at radius 3 is 2.73 bits per heavy atom. The summed E-state index contributed by atoms with van der Waals surface area (Å²) in [4.78, 5) is 11.2. The largest absolute Gasteiger partial charge is 0.383 e. The van der Waals surface area contributed by atoms with Crippen LogP contribution in [0.1, 0.15) is 55.7 Å². The Bertz CT molecular complexity index is 1280. The van der Waals surface area contributed by atoms with Gasteiger partial charge in [-0.05, 0) is 26.7 Å². The number of fused-ring (bicyclic) bond motifs is 5. The summed E-state index contributed by atoms with van der Waals surface area (Å²) in [7, 11) is 1.94. The number of aromatic nitrogens is 6. The van der Waals surface area contributed by atoms with Gasteiger partial charge in [-0.2, -0.15) is 5.10 Å². The number of nitrogen functional groups attached to an aromatic ring is 1. The van der Waals surface area contributed by atoms with E-state index in [0.717, 1.165) is 58.0 Å². The highest BCUT2D eigenvalue weighted by Gasteiger charge is 2.38. The zero-order valence-corrected chi connectivity index (χ0v) is 17.3. The first kappa shape index (κ1) is 17.5. The second-order valence-electron chi connectivity index (χ2n) is 8.59. The van der Waals surface area contributed by atoms with Crippen LogP contribution < -0.4 is 10.6 Å². The van der Waals surface area contributed by atoms with E-state index < -0.39 is 0 Å². The molecule has 0 saturated heterocycles. The van der Waals surface area contributed by atoms with E-state index in [0.29, 0.717) is 24.8 Å². The maximum Gasteiger partial charge on any atom is 0.151 e. The van der Waals surface area contributed by atoms with Crippen molar-refractivity contribution in [3.05, 3.63) is 35.6 Å². The van der Waals surface area contributed by atoms with Crippen LogP contribution >= 0.6 is 0 Å². The molecule has 0 bridgehead atoms. The van der Waals surface area contributed by atoms with Crippen molar-refractivity contribution in [1.82, 2.24) is 29.5 Å². The number of nitrogens with two attached hydrogens (primary N) is 1. The minimum absolute atomic E-state index is 0.201. The van der Waals surface area contributed by atoms with Crippen molar-refractivity contribution in [2.75, 3.05) is 10.6 Å². The highest BCUT2D eigenvalue weighted by Crippen LogP contribution is 2.48.